The number of anilines is 1. The van der Waals surface area contributed by atoms with Crippen molar-refractivity contribution in [3.63, 3.8) is 0 Å². The molecule has 5 rings (SSSR count). The first-order chi connectivity index (χ1) is 15.8. The molecule has 0 atom stereocenters. The Labute approximate surface area is 191 Å². The summed E-state index contributed by atoms with van der Waals surface area (Å²) in [5.41, 5.74) is 3.36. The van der Waals surface area contributed by atoms with Crippen molar-refractivity contribution in [2.75, 3.05) is 31.2 Å². The third-order valence-electron chi connectivity index (χ3n) is 5.42. The van der Waals surface area contributed by atoms with Crippen LogP contribution in [0.1, 0.15) is 18.4 Å². The average molecular weight is 448 g/mol. The number of ether oxygens (including phenoxy) is 1. The zero-order chi connectivity index (χ0) is 21.8. The predicted octanol–water partition coefficient (Wildman–Crippen LogP) is 4.61. The van der Waals surface area contributed by atoms with E-state index in [4.69, 9.17) is 9.15 Å². The molecular formula is C24H25N5O2S. The fourth-order valence-electron chi connectivity index (χ4n) is 3.70. The van der Waals surface area contributed by atoms with E-state index in [2.05, 4.69) is 55.8 Å². The van der Waals surface area contributed by atoms with Crippen molar-refractivity contribution in [1.29, 1.82) is 0 Å². The van der Waals surface area contributed by atoms with Gasteiger partial charge in [0.2, 0.25) is 11.8 Å². The second-order valence-corrected chi connectivity index (χ2v) is 8.46. The Hall–Kier alpha value is -3.10. The fraction of sp³-hybridized carbons (Fsp3) is 0.292. The highest BCUT2D eigenvalue weighted by Crippen LogP contribution is 2.30. The van der Waals surface area contributed by atoms with E-state index < -0.39 is 0 Å². The predicted molar refractivity (Wildman–Crippen MR) is 125 cm³/mol. The minimum Gasteiger partial charge on any atom is -0.440 e. The third kappa shape index (κ3) is 4.42. The highest BCUT2D eigenvalue weighted by atomic mass is 32.2. The molecule has 0 aliphatic carbocycles. The van der Waals surface area contributed by atoms with Gasteiger partial charge in [0.05, 0.1) is 30.9 Å². The van der Waals surface area contributed by atoms with Crippen LogP contribution in [0, 0.1) is 0 Å². The molecular weight excluding hydrogens is 422 g/mol. The van der Waals surface area contributed by atoms with Crippen LogP contribution in [0.15, 0.2) is 70.4 Å². The number of hydrogen-bond donors (Lipinski definition) is 0. The van der Waals surface area contributed by atoms with Crippen LogP contribution in [0.5, 0.6) is 0 Å². The summed E-state index contributed by atoms with van der Waals surface area (Å²) in [4.78, 5) is 6.70. The summed E-state index contributed by atoms with van der Waals surface area (Å²) in [7, 11) is 0. The lowest BCUT2D eigenvalue weighted by atomic mass is 10.1. The number of morpholine rings is 1. The molecule has 0 bridgehead atoms. The molecule has 2 aromatic heterocycles. The number of nitrogens with zero attached hydrogens (tertiary/aromatic N) is 5. The van der Waals surface area contributed by atoms with Crippen LogP contribution in [0.3, 0.4) is 0 Å². The number of oxazole rings is 1. The number of rotatable bonds is 7. The summed E-state index contributed by atoms with van der Waals surface area (Å²) in [5.74, 6) is 2.86. The van der Waals surface area contributed by atoms with E-state index in [1.54, 1.807) is 18.0 Å². The zero-order valence-electron chi connectivity index (χ0n) is 18.0. The molecule has 0 N–H and O–H groups in total. The molecule has 7 nitrogen and oxygen atoms in total. The van der Waals surface area contributed by atoms with Gasteiger partial charge in [0, 0.05) is 18.7 Å². The normalized spacial score (nSPS) is 14.1. The number of hydrogen-bond acceptors (Lipinski definition) is 7. The molecule has 0 radical (unpaired) electrons. The van der Waals surface area contributed by atoms with Crippen LogP contribution >= 0.6 is 11.8 Å². The van der Waals surface area contributed by atoms with Crippen molar-refractivity contribution < 1.29 is 9.15 Å². The highest BCUT2D eigenvalue weighted by Gasteiger charge is 2.22. The van der Waals surface area contributed by atoms with E-state index in [9.17, 15) is 0 Å². The standard InChI is InChI=1S/C24H25N5O2S/c1-2-18-7-6-10-20(15-18)29-23(28-11-13-30-14-12-28)26-27-24(29)32-17-22-25-16-21(31-22)19-8-4-3-5-9-19/h3-10,15-16H,2,11-14,17H2,1H3. The van der Waals surface area contributed by atoms with Gasteiger partial charge in [0.1, 0.15) is 0 Å². The van der Waals surface area contributed by atoms with E-state index in [0.29, 0.717) is 24.9 Å². The molecule has 4 aromatic rings. The molecule has 1 fully saturated rings. The summed E-state index contributed by atoms with van der Waals surface area (Å²) < 4.78 is 13.6. The van der Waals surface area contributed by atoms with Gasteiger partial charge in [-0.2, -0.15) is 0 Å². The number of benzene rings is 2. The van der Waals surface area contributed by atoms with Crippen LogP contribution in [0.25, 0.3) is 17.0 Å². The summed E-state index contributed by atoms with van der Waals surface area (Å²) in [6, 6.07) is 18.6. The van der Waals surface area contributed by atoms with E-state index in [1.165, 1.54) is 5.56 Å². The Morgan fingerprint density at radius 3 is 2.66 bits per heavy atom. The molecule has 2 aromatic carbocycles. The summed E-state index contributed by atoms with van der Waals surface area (Å²) in [5, 5.41) is 9.89. The van der Waals surface area contributed by atoms with E-state index in [0.717, 1.165) is 47.6 Å². The lowest BCUT2D eigenvalue weighted by molar-refractivity contribution is 0.122. The van der Waals surface area contributed by atoms with Crippen molar-refractivity contribution in [2.45, 2.75) is 24.3 Å². The molecule has 0 unspecified atom stereocenters. The Bertz CT molecular complexity index is 1170. The summed E-state index contributed by atoms with van der Waals surface area (Å²) >= 11 is 1.58. The largest absolute Gasteiger partial charge is 0.440 e. The lowest BCUT2D eigenvalue weighted by Crippen LogP contribution is -2.37. The minimum absolute atomic E-state index is 0.571. The minimum atomic E-state index is 0.571. The monoisotopic (exact) mass is 447 g/mol. The van der Waals surface area contributed by atoms with Gasteiger partial charge >= 0.3 is 0 Å². The second-order valence-electron chi connectivity index (χ2n) is 7.51. The van der Waals surface area contributed by atoms with Gasteiger partial charge in [0.15, 0.2) is 10.9 Å². The van der Waals surface area contributed by atoms with E-state index in [1.807, 2.05) is 30.3 Å². The van der Waals surface area contributed by atoms with Crippen molar-refractivity contribution in [1.82, 2.24) is 19.7 Å². The zero-order valence-corrected chi connectivity index (χ0v) is 18.8. The first kappa shape index (κ1) is 20.8. The SMILES string of the molecule is CCc1cccc(-n2c(SCc3ncc(-c4ccccc4)o3)nnc2N2CCOCC2)c1. The van der Waals surface area contributed by atoms with Gasteiger partial charge in [0.25, 0.3) is 0 Å². The molecule has 0 amide bonds. The average Bonchev–Trinajstić information content (AvgIpc) is 3.51. The molecule has 0 saturated carbocycles. The van der Waals surface area contributed by atoms with Crippen LogP contribution in [-0.2, 0) is 16.9 Å². The molecule has 0 spiro atoms. The Kier molecular flexibility index (Phi) is 6.22. The first-order valence-corrected chi connectivity index (χ1v) is 11.8. The second kappa shape index (κ2) is 9.58. The van der Waals surface area contributed by atoms with Crippen LogP contribution in [0.4, 0.5) is 5.95 Å². The quantitative estimate of drug-likeness (QED) is 0.383. The maximum atomic E-state index is 5.98. The molecule has 1 aliphatic heterocycles. The van der Waals surface area contributed by atoms with E-state index in [-0.39, 0.29) is 0 Å². The maximum Gasteiger partial charge on any atom is 0.232 e. The molecule has 32 heavy (non-hydrogen) atoms. The van der Waals surface area contributed by atoms with Gasteiger partial charge in [-0.05, 0) is 24.1 Å². The van der Waals surface area contributed by atoms with Crippen LogP contribution < -0.4 is 4.90 Å². The van der Waals surface area contributed by atoms with Crippen molar-refractivity contribution in [2.24, 2.45) is 0 Å². The fourth-order valence-corrected chi connectivity index (χ4v) is 4.51. The molecule has 1 aliphatic rings. The summed E-state index contributed by atoms with van der Waals surface area (Å²) in [6.07, 6.45) is 2.75. The van der Waals surface area contributed by atoms with E-state index >= 15 is 0 Å². The molecule has 8 heteroatoms. The number of aromatic nitrogens is 4. The Balaban J connectivity index is 1.42. The van der Waals surface area contributed by atoms with Crippen LogP contribution in [-0.4, -0.2) is 46.1 Å². The van der Waals surface area contributed by atoms with Crippen molar-refractivity contribution in [3.8, 4) is 17.0 Å². The smallest absolute Gasteiger partial charge is 0.232 e. The topological polar surface area (TPSA) is 69.2 Å². The Morgan fingerprint density at radius 2 is 1.84 bits per heavy atom. The third-order valence-corrected chi connectivity index (χ3v) is 6.34. The number of aryl methyl sites for hydroxylation is 1. The lowest BCUT2D eigenvalue weighted by Gasteiger charge is -2.28. The van der Waals surface area contributed by atoms with Gasteiger partial charge < -0.3 is 14.1 Å². The van der Waals surface area contributed by atoms with Crippen molar-refractivity contribution in [3.05, 3.63) is 72.2 Å². The van der Waals surface area contributed by atoms with Gasteiger partial charge in [-0.1, -0.05) is 61.2 Å². The molecule has 1 saturated heterocycles. The highest BCUT2D eigenvalue weighted by molar-refractivity contribution is 7.98. The first-order valence-electron chi connectivity index (χ1n) is 10.8. The molecule has 164 valence electrons. The van der Waals surface area contributed by atoms with Gasteiger partial charge in [-0.25, -0.2) is 4.98 Å². The molecule has 3 heterocycles. The van der Waals surface area contributed by atoms with Crippen molar-refractivity contribution >= 4 is 17.7 Å². The number of thioether (sulfide) groups is 1. The Morgan fingerprint density at radius 1 is 1.00 bits per heavy atom. The van der Waals surface area contributed by atoms with Gasteiger partial charge in [-0.3, -0.25) is 4.57 Å². The van der Waals surface area contributed by atoms with Gasteiger partial charge in [-0.15, -0.1) is 10.2 Å². The summed E-state index contributed by atoms with van der Waals surface area (Å²) in [6.45, 7) is 5.16. The van der Waals surface area contributed by atoms with Crippen LogP contribution in [0.2, 0.25) is 0 Å². The maximum absolute atomic E-state index is 5.98.